The molecule has 1 aliphatic rings. The molecule has 5 atom stereocenters. The minimum absolute atomic E-state index is 0.168. The van der Waals surface area contributed by atoms with Gasteiger partial charge in [0, 0.05) is 6.00 Å². The van der Waals surface area contributed by atoms with Gasteiger partial charge in [0.25, 0.3) is 0 Å². The normalized spacial score (nSPS) is 31.6. The molecule has 0 aromatic rings. The van der Waals surface area contributed by atoms with Crippen LogP contribution >= 0.6 is 23.5 Å². The molecule has 6 N–H and O–H groups in total. The second-order valence-electron chi connectivity index (χ2n) is 4.01. The van der Waals surface area contributed by atoms with Crippen LogP contribution in [0.1, 0.15) is 6.42 Å². The predicted molar refractivity (Wildman–Crippen MR) is 67.9 cm³/mol. The Hall–Kier alpha value is 0.355. The lowest BCUT2D eigenvalue weighted by Crippen LogP contribution is -2.31. The molecule has 0 bridgehead atoms. The molecule has 0 spiro atoms. The van der Waals surface area contributed by atoms with E-state index in [0.717, 1.165) is 0 Å². The molecular weight excluding hydrogens is 370 g/mol. The molecule has 0 saturated carbocycles. The van der Waals surface area contributed by atoms with Crippen LogP contribution in [0.15, 0.2) is 0 Å². The molecule has 128 valence electrons. The number of hydrogen-bond donors (Lipinski definition) is 5. The summed E-state index contributed by atoms with van der Waals surface area (Å²) in [6.45, 7) is -0.667. The maximum Gasteiger partial charge on any atom is 0.490 e. The van der Waals surface area contributed by atoms with E-state index < -0.39 is 48.3 Å². The first-order valence-corrected chi connectivity index (χ1v) is 9.90. The summed E-state index contributed by atoms with van der Waals surface area (Å²) in [5, 5.41) is 0. The summed E-state index contributed by atoms with van der Waals surface area (Å²) in [6, 6.07) is -0.761. The Morgan fingerprint density at radius 2 is 1.73 bits per heavy atom. The van der Waals surface area contributed by atoms with Crippen LogP contribution in [0.2, 0.25) is 0 Å². The summed E-state index contributed by atoms with van der Waals surface area (Å²) in [5.74, 6) is 4.95. The second kappa shape index (κ2) is 7.50. The van der Waals surface area contributed by atoms with E-state index in [1.54, 1.807) is 0 Å². The third kappa shape index (κ3) is 7.28. The first kappa shape index (κ1) is 20.4. The van der Waals surface area contributed by atoms with Crippen molar-refractivity contribution in [3.63, 3.8) is 0 Å². The van der Waals surface area contributed by atoms with Crippen molar-refractivity contribution in [1.82, 2.24) is 0 Å². The van der Waals surface area contributed by atoms with E-state index in [0.29, 0.717) is 0 Å². The Morgan fingerprint density at radius 1 is 1.14 bits per heavy atom. The van der Waals surface area contributed by atoms with E-state index in [1.807, 2.05) is 0 Å². The number of phosphoric ester groups is 1. The lowest BCUT2D eigenvalue weighted by Gasteiger charge is -2.20. The average Bonchev–Trinajstić information content (AvgIpc) is 2.62. The van der Waals surface area contributed by atoms with Crippen molar-refractivity contribution in [2.24, 2.45) is 5.90 Å². The monoisotopic (exact) mass is 383 g/mol. The topological polar surface area (TPSA) is 204 Å². The highest BCUT2D eigenvalue weighted by molar-refractivity contribution is 7.66. The number of nitrogens with two attached hydrogens (primary N) is 1. The van der Waals surface area contributed by atoms with Gasteiger partial charge in [-0.1, -0.05) is 0 Å². The van der Waals surface area contributed by atoms with Crippen molar-refractivity contribution in [2.75, 3.05) is 6.61 Å². The van der Waals surface area contributed by atoms with E-state index in [2.05, 4.69) is 18.0 Å². The maximum atomic E-state index is 11.4. The molecule has 3 unspecified atom stereocenters. The lowest BCUT2D eigenvalue weighted by molar-refractivity contribution is -0.0375. The first-order valence-electron chi connectivity index (χ1n) is 5.38. The fraction of sp³-hybridized carbons (Fsp3) is 1.00. The Balaban J connectivity index is 2.59. The van der Waals surface area contributed by atoms with Crippen molar-refractivity contribution < 1.29 is 56.0 Å². The van der Waals surface area contributed by atoms with Gasteiger partial charge in [-0.3, -0.25) is 9.36 Å². The van der Waals surface area contributed by atoms with Gasteiger partial charge in [-0.2, -0.15) is 8.62 Å². The van der Waals surface area contributed by atoms with Gasteiger partial charge in [0.2, 0.25) is 0 Å². The highest BCUT2D eigenvalue weighted by Gasteiger charge is 2.42. The molecule has 1 aliphatic heterocycles. The van der Waals surface area contributed by atoms with Crippen LogP contribution in [0.3, 0.4) is 0 Å². The Labute approximate surface area is 125 Å². The zero-order valence-corrected chi connectivity index (χ0v) is 13.4. The first-order chi connectivity index (χ1) is 9.84. The fourth-order valence-corrected chi connectivity index (χ4v) is 4.54. The average molecular weight is 383 g/mol. The van der Waals surface area contributed by atoms with Crippen LogP contribution in [-0.4, -0.2) is 52.2 Å². The maximum absolute atomic E-state index is 11.4. The molecule has 22 heavy (non-hydrogen) atoms. The van der Waals surface area contributed by atoms with Gasteiger partial charge < -0.3 is 24.3 Å². The van der Waals surface area contributed by atoms with Crippen LogP contribution in [0.5, 0.6) is 0 Å². The molecule has 1 saturated heterocycles. The molecule has 0 aliphatic carbocycles. The predicted octanol–water partition coefficient (Wildman–Crippen LogP) is -1.13. The van der Waals surface area contributed by atoms with Crippen molar-refractivity contribution in [3.8, 4) is 0 Å². The van der Waals surface area contributed by atoms with Gasteiger partial charge in [0.1, 0.15) is 20.1 Å². The molecule has 1 heterocycles. The minimum Gasteiger partial charge on any atom is -0.379 e. The summed E-state index contributed by atoms with van der Waals surface area (Å²) in [7, 11) is -10.8. The second-order valence-corrected chi connectivity index (χ2v) is 8.43. The fourth-order valence-electron chi connectivity index (χ4n) is 1.51. The van der Waals surface area contributed by atoms with Crippen LogP contribution in [0, 0.1) is 0 Å². The van der Waals surface area contributed by atoms with E-state index in [1.165, 1.54) is 0 Å². The largest absolute Gasteiger partial charge is 0.490 e. The highest BCUT2D eigenvalue weighted by atomic mass is 31.3. The number of ether oxygens (including phenoxy) is 1. The molecule has 1 rings (SSSR count). The standard InChI is InChI=1S/C5H13BNO12P3/c6-5-1-3(17-7)4(16-5)2-15-21(11,12)19-22(13,14)18-20(8,9)10/h3-5H,1-2,7H2,(H,11,12)(H,13,14)(H2,8,9,10)/t3-,4-,5?/m1/s1. The number of phosphoric acid groups is 3. The summed E-state index contributed by atoms with van der Waals surface area (Å²) in [4.78, 5) is 39.3. The Morgan fingerprint density at radius 3 is 2.23 bits per heavy atom. The van der Waals surface area contributed by atoms with Crippen molar-refractivity contribution in [3.05, 3.63) is 0 Å². The van der Waals surface area contributed by atoms with Crippen LogP contribution in [-0.2, 0) is 36.4 Å². The van der Waals surface area contributed by atoms with E-state index in [9.17, 15) is 18.6 Å². The molecule has 2 radical (unpaired) electrons. The van der Waals surface area contributed by atoms with Crippen molar-refractivity contribution in [2.45, 2.75) is 24.6 Å². The Kier molecular flexibility index (Phi) is 6.95. The summed E-state index contributed by atoms with van der Waals surface area (Å²) in [5.41, 5.74) is 0. The van der Waals surface area contributed by atoms with Crippen LogP contribution in [0.4, 0.5) is 0 Å². The van der Waals surface area contributed by atoms with E-state index >= 15 is 0 Å². The molecule has 0 aromatic heterocycles. The van der Waals surface area contributed by atoms with Gasteiger partial charge >= 0.3 is 23.5 Å². The van der Waals surface area contributed by atoms with Crippen LogP contribution < -0.4 is 5.90 Å². The van der Waals surface area contributed by atoms with Gasteiger partial charge in [-0.05, 0) is 6.42 Å². The highest BCUT2D eigenvalue weighted by Crippen LogP contribution is 2.66. The molecule has 0 amide bonds. The number of hydrogen-bond acceptors (Lipinski definition) is 9. The molecule has 13 nitrogen and oxygen atoms in total. The third-order valence-corrected chi connectivity index (χ3v) is 6.02. The third-order valence-electron chi connectivity index (χ3n) is 2.22. The van der Waals surface area contributed by atoms with Crippen molar-refractivity contribution >= 4 is 31.3 Å². The van der Waals surface area contributed by atoms with Crippen LogP contribution in [0.25, 0.3) is 0 Å². The van der Waals surface area contributed by atoms with E-state index in [-0.39, 0.29) is 6.42 Å². The smallest absolute Gasteiger partial charge is 0.379 e. The quantitative estimate of drug-likeness (QED) is 0.191. The lowest BCUT2D eigenvalue weighted by atomic mass is 9.96. The molecule has 0 aromatic carbocycles. The van der Waals surface area contributed by atoms with E-state index in [4.69, 9.17) is 33.2 Å². The van der Waals surface area contributed by atoms with Gasteiger partial charge in [0.05, 0.1) is 6.61 Å². The van der Waals surface area contributed by atoms with Gasteiger partial charge in [-0.25, -0.2) is 19.6 Å². The zero-order valence-electron chi connectivity index (χ0n) is 10.7. The van der Waals surface area contributed by atoms with Crippen molar-refractivity contribution in [1.29, 1.82) is 0 Å². The summed E-state index contributed by atoms with van der Waals surface area (Å²) >= 11 is 0. The Bertz CT molecular complexity index is 523. The SMILES string of the molecule is [B]C1C[C@@H](ON)[C@@H](COP(=O)(O)OP(=O)(O)OP(=O)(O)O)O1. The minimum atomic E-state index is -5.55. The van der Waals surface area contributed by atoms with Gasteiger partial charge in [0.15, 0.2) is 0 Å². The zero-order chi connectivity index (χ0) is 17.2. The van der Waals surface area contributed by atoms with Gasteiger partial charge in [-0.15, -0.1) is 0 Å². The number of rotatable bonds is 8. The molecule has 17 heteroatoms. The molecular formula is C5H13BNO12P3. The summed E-state index contributed by atoms with van der Waals surface area (Å²) in [6.07, 6.45) is -1.56. The summed E-state index contributed by atoms with van der Waals surface area (Å²) < 4.78 is 49.4. The molecule has 1 fully saturated rings.